The number of benzene rings is 1. The van der Waals surface area contributed by atoms with Crippen molar-refractivity contribution in [3.63, 3.8) is 0 Å². The van der Waals surface area contributed by atoms with Crippen LogP contribution in [-0.2, 0) is 0 Å². The number of nitrogens with zero attached hydrogens (tertiary/aromatic N) is 2. The fourth-order valence-corrected chi connectivity index (χ4v) is 2.30. The van der Waals surface area contributed by atoms with Crippen molar-refractivity contribution < 1.29 is 4.79 Å². The number of nitrogens with two attached hydrogens (primary N) is 1. The van der Waals surface area contributed by atoms with Crippen molar-refractivity contribution >= 4 is 29.9 Å². The summed E-state index contributed by atoms with van der Waals surface area (Å²) in [6, 6.07) is 7.32. The maximum Gasteiger partial charge on any atom is 0.254 e. The first-order chi connectivity index (χ1) is 10.1. The van der Waals surface area contributed by atoms with Crippen molar-refractivity contribution in [2.75, 3.05) is 6.54 Å². The van der Waals surface area contributed by atoms with E-state index in [2.05, 4.69) is 10.4 Å². The lowest BCUT2D eigenvalue weighted by Gasteiger charge is -2.10. The third-order valence-corrected chi connectivity index (χ3v) is 3.91. The van der Waals surface area contributed by atoms with Crippen LogP contribution in [0.5, 0.6) is 0 Å². The predicted octanol–water partition coefficient (Wildman–Crippen LogP) is 2.41. The van der Waals surface area contributed by atoms with Gasteiger partial charge in [-0.1, -0.05) is 11.6 Å². The molecular formula is C15H18Cl2N4O. The van der Waals surface area contributed by atoms with Gasteiger partial charge in [-0.2, -0.15) is 5.10 Å². The molecule has 1 aromatic heterocycles. The molecule has 0 bridgehead atoms. The highest BCUT2D eigenvalue weighted by Crippen LogP contribution is 2.31. The Morgan fingerprint density at radius 2 is 2.09 bits per heavy atom. The number of nitrogens with one attached hydrogen (secondary N) is 1. The summed E-state index contributed by atoms with van der Waals surface area (Å²) in [5.41, 5.74) is 7.34. The largest absolute Gasteiger partial charge is 0.350 e. The molecule has 0 saturated heterocycles. The molecule has 1 saturated carbocycles. The molecular weight excluding hydrogens is 323 g/mol. The summed E-state index contributed by atoms with van der Waals surface area (Å²) in [4.78, 5) is 12.0. The second-order valence-corrected chi connectivity index (χ2v) is 5.80. The number of hydrogen-bond acceptors (Lipinski definition) is 3. The normalized spacial score (nSPS) is 15.0. The Bertz CT molecular complexity index is 637. The first-order valence-electron chi connectivity index (χ1n) is 6.98. The Kier molecular flexibility index (Phi) is 5.45. The number of carbonyl (C=O) groups excluding carboxylic acids is 1. The summed E-state index contributed by atoms with van der Waals surface area (Å²) in [5.74, 6) is 0.424. The van der Waals surface area contributed by atoms with Crippen molar-refractivity contribution in [2.45, 2.75) is 18.9 Å². The third-order valence-electron chi connectivity index (χ3n) is 3.66. The lowest BCUT2D eigenvalue weighted by Crippen LogP contribution is -2.38. The van der Waals surface area contributed by atoms with Crippen LogP contribution in [-0.4, -0.2) is 28.3 Å². The van der Waals surface area contributed by atoms with Crippen LogP contribution in [0.3, 0.4) is 0 Å². The Morgan fingerprint density at radius 3 is 2.73 bits per heavy atom. The third kappa shape index (κ3) is 4.00. The molecule has 1 unspecified atom stereocenters. The maximum absolute atomic E-state index is 12.0. The quantitative estimate of drug-likeness (QED) is 0.877. The van der Waals surface area contributed by atoms with Gasteiger partial charge in [0.15, 0.2) is 0 Å². The second-order valence-electron chi connectivity index (χ2n) is 5.36. The summed E-state index contributed by atoms with van der Waals surface area (Å²) < 4.78 is 1.64. The molecule has 1 aliphatic rings. The van der Waals surface area contributed by atoms with Crippen LogP contribution in [0.15, 0.2) is 36.7 Å². The van der Waals surface area contributed by atoms with Crippen LogP contribution < -0.4 is 11.1 Å². The van der Waals surface area contributed by atoms with Crippen LogP contribution in [0.1, 0.15) is 23.2 Å². The minimum absolute atomic E-state index is 0. The molecule has 0 spiro atoms. The number of hydrogen-bond donors (Lipinski definition) is 2. The topological polar surface area (TPSA) is 72.9 Å². The van der Waals surface area contributed by atoms with Gasteiger partial charge < -0.3 is 11.1 Å². The van der Waals surface area contributed by atoms with E-state index in [1.54, 1.807) is 29.2 Å². The zero-order valence-corrected chi connectivity index (χ0v) is 13.5. The van der Waals surface area contributed by atoms with Crippen molar-refractivity contribution in [1.82, 2.24) is 15.1 Å². The maximum atomic E-state index is 12.0. The number of amides is 1. The van der Waals surface area contributed by atoms with Crippen LogP contribution in [0.2, 0.25) is 5.02 Å². The van der Waals surface area contributed by atoms with Crippen molar-refractivity contribution in [3.05, 3.63) is 47.2 Å². The number of rotatable bonds is 5. The highest BCUT2D eigenvalue weighted by atomic mass is 35.5. The Balaban J connectivity index is 0.00000176. The Labute approximate surface area is 140 Å². The molecule has 22 heavy (non-hydrogen) atoms. The number of halogens is 2. The number of carbonyl (C=O) groups is 1. The molecule has 1 atom stereocenters. The first-order valence-corrected chi connectivity index (χ1v) is 7.35. The highest BCUT2D eigenvalue weighted by Gasteiger charge is 2.28. The predicted molar refractivity (Wildman–Crippen MR) is 88.9 cm³/mol. The second kappa shape index (κ2) is 7.13. The summed E-state index contributed by atoms with van der Waals surface area (Å²) in [7, 11) is 0. The molecule has 1 amide bonds. The van der Waals surface area contributed by atoms with Crippen LogP contribution in [0.4, 0.5) is 0 Å². The summed E-state index contributed by atoms with van der Waals surface area (Å²) >= 11 is 5.85. The Hall–Kier alpha value is -1.56. The minimum Gasteiger partial charge on any atom is -0.350 e. The van der Waals surface area contributed by atoms with Gasteiger partial charge in [0.2, 0.25) is 0 Å². The lowest BCUT2D eigenvalue weighted by atomic mass is 10.2. The molecule has 1 heterocycles. The van der Waals surface area contributed by atoms with E-state index in [-0.39, 0.29) is 24.4 Å². The van der Waals surface area contributed by atoms with Crippen LogP contribution in [0, 0.1) is 5.92 Å². The summed E-state index contributed by atoms with van der Waals surface area (Å²) in [6.07, 6.45) is 5.59. The molecule has 0 radical (unpaired) electrons. The van der Waals surface area contributed by atoms with Crippen LogP contribution >= 0.6 is 24.0 Å². The van der Waals surface area contributed by atoms with Gasteiger partial charge in [0, 0.05) is 23.8 Å². The summed E-state index contributed by atoms with van der Waals surface area (Å²) in [6.45, 7) is 0.510. The highest BCUT2D eigenvalue weighted by molar-refractivity contribution is 6.30. The zero-order chi connectivity index (χ0) is 14.8. The van der Waals surface area contributed by atoms with E-state index in [4.69, 9.17) is 17.3 Å². The molecule has 2 aromatic rings. The van der Waals surface area contributed by atoms with E-state index < -0.39 is 0 Å². The molecule has 3 rings (SSSR count). The smallest absolute Gasteiger partial charge is 0.254 e. The van der Waals surface area contributed by atoms with Gasteiger partial charge in [-0.05, 0) is 43.0 Å². The minimum atomic E-state index is -0.147. The molecule has 1 fully saturated rings. The SMILES string of the molecule is Cl.NC(CNC(=O)c1cnn(-c2ccc(Cl)cc2)c1)C1CC1. The zero-order valence-electron chi connectivity index (χ0n) is 11.9. The van der Waals surface area contributed by atoms with Gasteiger partial charge in [-0.15, -0.1) is 12.4 Å². The fourth-order valence-electron chi connectivity index (χ4n) is 2.18. The van der Waals surface area contributed by atoms with E-state index in [9.17, 15) is 4.79 Å². The lowest BCUT2D eigenvalue weighted by molar-refractivity contribution is 0.0950. The van der Waals surface area contributed by atoms with Gasteiger partial charge in [0.05, 0.1) is 17.4 Å². The van der Waals surface area contributed by atoms with Gasteiger partial charge in [-0.3, -0.25) is 4.79 Å². The van der Waals surface area contributed by atoms with Gasteiger partial charge in [0.25, 0.3) is 5.91 Å². The van der Waals surface area contributed by atoms with E-state index in [0.29, 0.717) is 23.0 Å². The molecule has 0 aliphatic heterocycles. The van der Waals surface area contributed by atoms with Crippen molar-refractivity contribution in [3.8, 4) is 5.69 Å². The Morgan fingerprint density at radius 1 is 1.41 bits per heavy atom. The first kappa shape index (κ1) is 16.8. The molecule has 5 nitrogen and oxygen atoms in total. The standard InChI is InChI=1S/C15H17ClN4O.ClH/c16-12-3-5-13(6-4-12)20-9-11(7-19-20)15(21)18-8-14(17)10-1-2-10;/h3-7,9-10,14H,1-2,8,17H2,(H,18,21);1H. The molecule has 3 N–H and O–H groups in total. The fraction of sp³-hybridized carbons (Fsp3) is 0.333. The molecule has 7 heteroatoms. The molecule has 1 aliphatic carbocycles. The van der Waals surface area contributed by atoms with E-state index in [1.165, 1.54) is 12.8 Å². The van der Waals surface area contributed by atoms with E-state index in [1.807, 2.05) is 12.1 Å². The van der Waals surface area contributed by atoms with E-state index >= 15 is 0 Å². The average Bonchev–Trinajstić information content (AvgIpc) is 3.23. The van der Waals surface area contributed by atoms with Gasteiger partial charge >= 0.3 is 0 Å². The van der Waals surface area contributed by atoms with Gasteiger partial charge in [-0.25, -0.2) is 4.68 Å². The summed E-state index contributed by atoms with van der Waals surface area (Å²) in [5, 5.41) is 7.71. The van der Waals surface area contributed by atoms with Crippen molar-refractivity contribution in [1.29, 1.82) is 0 Å². The average molecular weight is 341 g/mol. The van der Waals surface area contributed by atoms with Crippen molar-refractivity contribution in [2.24, 2.45) is 11.7 Å². The van der Waals surface area contributed by atoms with Gasteiger partial charge in [0.1, 0.15) is 0 Å². The van der Waals surface area contributed by atoms with Crippen LogP contribution in [0.25, 0.3) is 5.69 Å². The van der Waals surface area contributed by atoms with E-state index in [0.717, 1.165) is 5.69 Å². The monoisotopic (exact) mass is 340 g/mol. The molecule has 118 valence electrons. The number of aromatic nitrogens is 2. The molecule has 1 aromatic carbocycles.